The van der Waals surface area contributed by atoms with Gasteiger partial charge < -0.3 is 24.8 Å². The maximum atomic E-state index is 13.7. The van der Waals surface area contributed by atoms with Gasteiger partial charge in [0.25, 0.3) is 11.8 Å². The van der Waals surface area contributed by atoms with Crippen molar-refractivity contribution >= 4 is 34.7 Å². The molecule has 34 heavy (non-hydrogen) atoms. The van der Waals surface area contributed by atoms with Gasteiger partial charge in [-0.2, -0.15) is 0 Å². The minimum atomic E-state index is -0.747. The van der Waals surface area contributed by atoms with E-state index >= 15 is 0 Å². The predicted molar refractivity (Wildman–Crippen MR) is 132 cm³/mol. The molecule has 1 aromatic carbocycles. The number of ether oxygens (including phenoxy) is 1. The molecule has 182 valence electrons. The van der Waals surface area contributed by atoms with Crippen molar-refractivity contribution in [3.8, 4) is 0 Å². The highest BCUT2D eigenvalue weighted by molar-refractivity contribution is 7.12. The Morgan fingerprint density at radius 1 is 1.12 bits per heavy atom. The van der Waals surface area contributed by atoms with E-state index < -0.39 is 5.54 Å². The van der Waals surface area contributed by atoms with Crippen molar-refractivity contribution in [1.29, 1.82) is 0 Å². The SMILES string of the molecule is CCOCCCNC(=O)CN1CN(c2ccccc2)C2(CCN(C(=O)c3cccs3)CC2)C1=O. The average Bonchev–Trinajstić information content (AvgIpc) is 3.49. The van der Waals surface area contributed by atoms with Crippen molar-refractivity contribution in [1.82, 2.24) is 15.1 Å². The number of carbonyl (C=O) groups excluding carboxylic acids is 3. The van der Waals surface area contributed by atoms with Crippen LogP contribution in [0.1, 0.15) is 35.9 Å². The molecular weight excluding hydrogens is 452 g/mol. The molecule has 4 rings (SSSR count). The molecule has 0 bridgehead atoms. The van der Waals surface area contributed by atoms with E-state index in [-0.39, 0.29) is 24.3 Å². The van der Waals surface area contributed by atoms with Gasteiger partial charge in [0, 0.05) is 38.5 Å². The van der Waals surface area contributed by atoms with Crippen molar-refractivity contribution in [2.45, 2.75) is 31.7 Å². The first kappa shape index (κ1) is 24.2. The predicted octanol–water partition coefficient (Wildman–Crippen LogP) is 2.57. The lowest BCUT2D eigenvalue weighted by atomic mass is 9.85. The smallest absolute Gasteiger partial charge is 0.263 e. The number of amides is 3. The van der Waals surface area contributed by atoms with Gasteiger partial charge in [-0.15, -0.1) is 11.3 Å². The number of nitrogens with one attached hydrogen (secondary N) is 1. The van der Waals surface area contributed by atoms with Crippen LogP contribution in [0, 0.1) is 0 Å². The monoisotopic (exact) mass is 484 g/mol. The van der Waals surface area contributed by atoms with Crippen molar-refractivity contribution in [3.05, 3.63) is 52.7 Å². The molecular formula is C25H32N4O4S. The van der Waals surface area contributed by atoms with E-state index in [0.717, 1.165) is 17.0 Å². The molecule has 0 radical (unpaired) electrons. The Kier molecular flexibility index (Phi) is 7.84. The number of thiophene rings is 1. The summed E-state index contributed by atoms with van der Waals surface area (Å²) in [7, 11) is 0. The zero-order valence-electron chi connectivity index (χ0n) is 19.6. The highest BCUT2D eigenvalue weighted by atomic mass is 32.1. The third-order valence-electron chi connectivity index (χ3n) is 6.52. The van der Waals surface area contributed by atoms with Crippen LogP contribution in [0.5, 0.6) is 0 Å². The zero-order valence-corrected chi connectivity index (χ0v) is 20.4. The Morgan fingerprint density at radius 3 is 2.56 bits per heavy atom. The van der Waals surface area contributed by atoms with Crippen LogP contribution in [0.2, 0.25) is 0 Å². The summed E-state index contributed by atoms with van der Waals surface area (Å²) in [5.41, 5.74) is 0.205. The lowest BCUT2D eigenvalue weighted by Gasteiger charge is -2.43. The van der Waals surface area contributed by atoms with Gasteiger partial charge in [0.05, 0.1) is 11.5 Å². The summed E-state index contributed by atoms with van der Waals surface area (Å²) in [4.78, 5) is 45.4. The van der Waals surface area contributed by atoms with E-state index in [4.69, 9.17) is 4.74 Å². The Labute approximate surface area is 204 Å². The zero-order chi connectivity index (χ0) is 24.0. The van der Waals surface area contributed by atoms with E-state index in [1.54, 1.807) is 4.90 Å². The first-order chi connectivity index (χ1) is 16.5. The Bertz CT molecular complexity index is 974. The van der Waals surface area contributed by atoms with Gasteiger partial charge in [0.2, 0.25) is 5.91 Å². The number of piperidine rings is 1. The van der Waals surface area contributed by atoms with Crippen LogP contribution in [0.15, 0.2) is 47.8 Å². The summed E-state index contributed by atoms with van der Waals surface area (Å²) in [6, 6.07) is 13.6. The van der Waals surface area contributed by atoms with E-state index in [0.29, 0.717) is 52.4 Å². The van der Waals surface area contributed by atoms with Gasteiger partial charge in [-0.05, 0) is 49.8 Å². The molecule has 0 saturated carbocycles. The fraction of sp³-hybridized carbons (Fsp3) is 0.480. The average molecular weight is 485 g/mol. The molecule has 2 fully saturated rings. The minimum absolute atomic E-state index is 0.0184. The van der Waals surface area contributed by atoms with Crippen molar-refractivity contribution in [3.63, 3.8) is 0 Å². The first-order valence-electron chi connectivity index (χ1n) is 11.8. The summed E-state index contributed by atoms with van der Waals surface area (Å²) in [6.07, 6.45) is 1.80. The maximum absolute atomic E-state index is 13.7. The highest BCUT2D eigenvalue weighted by Gasteiger charge is 2.54. The molecule has 2 aliphatic rings. The van der Waals surface area contributed by atoms with E-state index in [1.807, 2.05) is 59.7 Å². The summed E-state index contributed by atoms with van der Waals surface area (Å²) in [5.74, 6) is -0.186. The molecule has 0 aliphatic carbocycles. The van der Waals surface area contributed by atoms with Crippen LogP contribution >= 0.6 is 11.3 Å². The Hall–Kier alpha value is -2.91. The molecule has 1 N–H and O–H groups in total. The highest BCUT2D eigenvalue weighted by Crippen LogP contribution is 2.39. The van der Waals surface area contributed by atoms with Crippen molar-refractivity contribution < 1.29 is 19.1 Å². The van der Waals surface area contributed by atoms with Gasteiger partial charge in [0.15, 0.2) is 0 Å². The lowest BCUT2D eigenvalue weighted by Crippen LogP contribution is -2.57. The summed E-state index contributed by atoms with van der Waals surface area (Å²) in [6.45, 7) is 5.11. The molecule has 2 saturated heterocycles. The molecule has 8 nitrogen and oxygen atoms in total. The minimum Gasteiger partial charge on any atom is -0.382 e. The number of likely N-dealkylation sites (tertiary alicyclic amines) is 1. The van der Waals surface area contributed by atoms with Crippen molar-refractivity contribution in [2.75, 3.05) is 51.0 Å². The lowest BCUT2D eigenvalue weighted by molar-refractivity contribution is -0.137. The summed E-state index contributed by atoms with van der Waals surface area (Å²) >= 11 is 1.44. The number of rotatable bonds is 9. The third kappa shape index (κ3) is 5.10. The second-order valence-electron chi connectivity index (χ2n) is 8.61. The summed E-state index contributed by atoms with van der Waals surface area (Å²) in [5, 5.41) is 4.79. The number of para-hydroxylation sites is 1. The second-order valence-corrected chi connectivity index (χ2v) is 9.56. The van der Waals surface area contributed by atoms with Gasteiger partial charge in [-0.1, -0.05) is 24.3 Å². The number of benzene rings is 1. The molecule has 1 aromatic heterocycles. The van der Waals surface area contributed by atoms with Gasteiger partial charge >= 0.3 is 0 Å². The van der Waals surface area contributed by atoms with Crippen molar-refractivity contribution in [2.24, 2.45) is 0 Å². The molecule has 3 heterocycles. The Morgan fingerprint density at radius 2 is 1.88 bits per heavy atom. The van der Waals surface area contributed by atoms with E-state index in [1.165, 1.54) is 11.3 Å². The van der Waals surface area contributed by atoms with Crippen LogP contribution in [0.3, 0.4) is 0 Å². The molecule has 2 aromatic rings. The number of anilines is 1. The molecule has 3 amide bonds. The van der Waals surface area contributed by atoms with E-state index in [2.05, 4.69) is 10.2 Å². The fourth-order valence-corrected chi connectivity index (χ4v) is 5.42. The normalized spacial score (nSPS) is 17.4. The standard InChI is InChI=1S/C25H32N4O4S/c1-2-33-16-7-13-26-22(30)18-28-19-29(20-8-4-3-5-9-20)25(24(28)32)11-14-27(15-12-25)23(31)21-10-6-17-34-21/h3-6,8-10,17H,2,7,11-16,18-19H2,1H3,(H,26,30). The van der Waals surface area contributed by atoms with Crippen LogP contribution in [0.4, 0.5) is 5.69 Å². The van der Waals surface area contributed by atoms with Crippen LogP contribution in [-0.2, 0) is 14.3 Å². The van der Waals surface area contributed by atoms with Crippen LogP contribution < -0.4 is 10.2 Å². The topological polar surface area (TPSA) is 82.2 Å². The van der Waals surface area contributed by atoms with E-state index in [9.17, 15) is 14.4 Å². The maximum Gasteiger partial charge on any atom is 0.263 e. The largest absolute Gasteiger partial charge is 0.382 e. The number of hydrogen-bond donors (Lipinski definition) is 1. The van der Waals surface area contributed by atoms with Gasteiger partial charge in [-0.25, -0.2) is 0 Å². The van der Waals surface area contributed by atoms with Gasteiger partial charge in [0.1, 0.15) is 12.1 Å². The van der Waals surface area contributed by atoms with Gasteiger partial charge in [-0.3, -0.25) is 14.4 Å². The number of hydrogen-bond acceptors (Lipinski definition) is 6. The molecule has 1 spiro atoms. The quantitative estimate of drug-likeness (QED) is 0.554. The molecule has 0 atom stereocenters. The van der Waals surface area contributed by atoms with Crippen LogP contribution in [0.25, 0.3) is 0 Å². The Balaban J connectivity index is 1.45. The second kappa shape index (κ2) is 11.0. The molecule has 0 unspecified atom stereocenters. The fourth-order valence-electron chi connectivity index (χ4n) is 4.73. The molecule has 9 heteroatoms. The number of nitrogens with zero attached hydrogens (tertiary/aromatic N) is 3. The third-order valence-corrected chi connectivity index (χ3v) is 7.38. The first-order valence-corrected chi connectivity index (χ1v) is 12.7. The molecule has 2 aliphatic heterocycles. The van der Waals surface area contributed by atoms with Crippen LogP contribution in [-0.4, -0.2) is 79.1 Å². The number of carbonyl (C=O) groups is 3. The summed E-state index contributed by atoms with van der Waals surface area (Å²) < 4.78 is 5.30.